The van der Waals surface area contributed by atoms with Crippen LogP contribution in [-0.4, -0.2) is 72.1 Å². The number of piperazine rings is 1. The molecule has 176 valence electrons. The van der Waals surface area contributed by atoms with Gasteiger partial charge >= 0.3 is 6.09 Å². The molecular formula is C25H31N3O5. The zero-order chi connectivity index (χ0) is 23.6. The monoisotopic (exact) mass is 453 g/mol. The zero-order valence-electron chi connectivity index (χ0n) is 19.4. The van der Waals surface area contributed by atoms with Crippen LogP contribution < -0.4 is 10.1 Å². The van der Waals surface area contributed by atoms with Gasteiger partial charge in [0, 0.05) is 32.2 Å². The highest BCUT2D eigenvalue weighted by atomic mass is 16.6. The quantitative estimate of drug-likeness (QED) is 0.751. The summed E-state index contributed by atoms with van der Waals surface area (Å²) < 4.78 is 11.3. The highest BCUT2D eigenvalue weighted by Crippen LogP contribution is 2.28. The third kappa shape index (κ3) is 5.94. The summed E-state index contributed by atoms with van der Waals surface area (Å²) in [5.41, 5.74) is -0.147. The van der Waals surface area contributed by atoms with E-state index in [2.05, 4.69) is 5.32 Å². The third-order valence-corrected chi connectivity index (χ3v) is 5.60. The molecule has 0 unspecified atom stereocenters. The van der Waals surface area contributed by atoms with Gasteiger partial charge in [-0.25, -0.2) is 4.79 Å². The van der Waals surface area contributed by atoms with Gasteiger partial charge in [-0.2, -0.15) is 0 Å². The molecule has 0 radical (unpaired) electrons. The van der Waals surface area contributed by atoms with Crippen molar-refractivity contribution in [3.63, 3.8) is 0 Å². The molecule has 4 rings (SSSR count). The predicted molar refractivity (Wildman–Crippen MR) is 124 cm³/mol. The Morgan fingerprint density at radius 3 is 2.18 bits per heavy atom. The average molecular weight is 454 g/mol. The van der Waals surface area contributed by atoms with Gasteiger partial charge in [0.2, 0.25) is 0 Å². The lowest BCUT2D eigenvalue weighted by Gasteiger charge is -2.35. The molecule has 2 aliphatic rings. The fourth-order valence-corrected chi connectivity index (χ4v) is 3.74. The van der Waals surface area contributed by atoms with Crippen molar-refractivity contribution in [3.8, 4) is 5.75 Å². The number of ether oxygens (including phenoxy) is 2. The molecule has 8 nitrogen and oxygen atoms in total. The van der Waals surface area contributed by atoms with Gasteiger partial charge in [0.25, 0.3) is 11.8 Å². The van der Waals surface area contributed by atoms with Crippen LogP contribution in [0.5, 0.6) is 5.75 Å². The van der Waals surface area contributed by atoms with E-state index in [0.717, 1.165) is 23.6 Å². The smallest absolute Gasteiger partial charge is 0.410 e. The van der Waals surface area contributed by atoms with Crippen LogP contribution in [0.1, 0.15) is 44.0 Å². The molecule has 33 heavy (non-hydrogen) atoms. The van der Waals surface area contributed by atoms with Crippen molar-refractivity contribution in [1.29, 1.82) is 0 Å². The molecule has 1 heterocycles. The van der Waals surface area contributed by atoms with Crippen LogP contribution in [0.2, 0.25) is 0 Å². The number of hydrogen-bond donors (Lipinski definition) is 1. The van der Waals surface area contributed by atoms with Gasteiger partial charge in [0.05, 0.1) is 5.56 Å². The number of nitrogens with zero attached hydrogens (tertiary/aromatic N) is 2. The fourth-order valence-electron chi connectivity index (χ4n) is 3.74. The minimum absolute atomic E-state index is 0.137. The number of carbonyl (C=O) groups is 3. The summed E-state index contributed by atoms with van der Waals surface area (Å²) in [5, 5.41) is 4.75. The van der Waals surface area contributed by atoms with E-state index in [1.54, 1.807) is 9.80 Å². The highest BCUT2D eigenvalue weighted by Gasteiger charge is 2.29. The van der Waals surface area contributed by atoms with E-state index < -0.39 is 5.60 Å². The Morgan fingerprint density at radius 2 is 1.58 bits per heavy atom. The Labute approximate surface area is 193 Å². The predicted octanol–water partition coefficient (Wildman–Crippen LogP) is 3.19. The maximum atomic E-state index is 13.4. The van der Waals surface area contributed by atoms with E-state index in [9.17, 15) is 14.4 Å². The van der Waals surface area contributed by atoms with Crippen LogP contribution >= 0.6 is 0 Å². The van der Waals surface area contributed by atoms with Crippen LogP contribution in [-0.2, 0) is 9.53 Å². The van der Waals surface area contributed by atoms with Gasteiger partial charge in [-0.15, -0.1) is 0 Å². The molecule has 1 N–H and O–H groups in total. The molecular weight excluding hydrogens is 422 g/mol. The number of nitrogens with one attached hydrogen (secondary N) is 1. The van der Waals surface area contributed by atoms with E-state index in [1.807, 2.05) is 57.2 Å². The molecule has 2 fully saturated rings. The Hall–Kier alpha value is -3.29. The molecule has 2 aromatic carbocycles. The van der Waals surface area contributed by atoms with E-state index in [0.29, 0.717) is 37.5 Å². The summed E-state index contributed by atoms with van der Waals surface area (Å²) in [6, 6.07) is 11.6. The first-order valence-electron chi connectivity index (χ1n) is 11.4. The van der Waals surface area contributed by atoms with Crippen molar-refractivity contribution in [1.82, 2.24) is 15.1 Å². The van der Waals surface area contributed by atoms with E-state index in [1.165, 1.54) is 0 Å². The van der Waals surface area contributed by atoms with E-state index >= 15 is 0 Å². The van der Waals surface area contributed by atoms with Crippen molar-refractivity contribution >= 4 is 28.7 Å². The number of fused-ring (bicyclic) bond motifs is 1. The van der Waals surface area contributed by atoms with Crippen molar-refractivity contribution in [2.45, 2.75) is 45.3 Å². The maximum absolute atomic E-state index is 13.4. The number of benzene rings is 2. The first-order valence-corrected chi connectivity index (χ1v) is 11.4. The van der Waals surface area contributed by atoms with Gasteiger partial charge in [-0.3, -0.25) is 9.59 Å². The van der Waals surface area contributed by atoms with E-state index in [4.69, 9.17) is 9.47 Å². The molecule has 2 aromatic rings. The van der Waals surface area contributed by atoms with Crippen LogP contribution in [0.3, 0.4) is 0 Å². The highest BCUT2D eigenvalue weighted by molar-refractivity contribution is 6.02. The molecule has 3 amide bonds. The Bertz CT molecular complexity index is 1050. The summed E-state index contributed by atoms with van der Waals surface area (Å²) in [5.74, 6) is 0.0245. The lowest BCUT2D eigenvalue weighted by atomic mass is 10.0. The molecule has 0 atom stereocenters. The second-order valence-electron chi connectivity index (χ2n) is 9.59. The third-order valence-electron chi connectivity index (χ3n) is 5.60. The van der Waals surface area contributed by atoms with Gasteiger partial charge in [-0.05, 0) is 56.5 Å². The fraction of sp³-hybridized carbons (Fsp3) is 0.480. The SMILES string of the molecule is CC(C)(C)OC(=O)N1CCN(C(=O)c2cc3ccccc3cc2OCC(=O)NC2CC2)CC1. The van der Waals surface area contributed by atoms with Crippen LogP contribution in [0.4, 0.5) is 4.79 Å². The normalized spacial score (nSPS) is 16.5. The largest absolute Gasteiger partial charge is 0.483 e. The summed E-state index contributed by atoms with van der Waals surface area (Å²) in [6.45, 7) is 6.94. The molecule has 1 saturated heterocycles. The first kappa shape index (κ1) is 22.9. The molecule has 1 aliphatic heterocycles. The van der Waals surface area contributed by atoms with Gasteiger partial charge < -0.3 is 24.6 Å². The first-order chi connectivity index (χ1) is 15.7. The minimum atomic E-state index is -0.562. The number of amides is 3. The molecule has 0 bridgehead atoms. The lowest BCUT2D eigenvalue weighted by molar-refractivity contribution is -0.123. The average Bonchev–Trinajstić information content (AvgIpc) is 3.59. The Kier molecular flexibility index (Phi) is 6.44. The van der Waals surface area contributed by atoms with E-state index in [-0.39, 0.29) is 30.6 Å². The molecule has 1 saturated carbocycles. The summed E-state index contributed by atoms with van der Waals surface area (Å²) in [7, 11) is 0. The standard InChI is InChI=1S/C25H31N3O5/c1-25(2,3)33-24(31)28-12-10-27(11-13-28)23(30)20-14-17-6-4-5-7-18(17)15-21(20)32-16-22(29)26-19-8-9-19/h4-7,14-15,19H,8-13,16H2,1-3H3,(H,26,29). The molecule has 0 spiro atoms. The van der Waals surface area contributed by atoms with Crippen LogP contribution in [0, 0.1) is 0 Å². The topological polar surface area (TPSA) is 88.2 Å². The summed E-state index contributed by atoms with van der Waals surface area (Å²) in [4.78, 5) is 41.2. The molecule has 0 aromatic heterocycles. The summed E-state index contributed by atoms with van der Waals surface area (Å²) in [6.07, 6.45) is 1.63. The summed E-state index contributed by atoms with van der Waals surface area (Å²) >= 11 is 0. The molecule has 1 aliphatic carbocycles. The number of hydrogen-bond acceptors (Lipinski definition) is 5. The van der Waals surface area contributed by atoms with Gasteiger partial charge in [0.1, 0.15) is 11.4 Å². The minimum Gasteiger partial charge on any atom is -0.483 e. The van der Waals surface area contributed by atoms with Crippen molar-refractivity contribution in [2.75, 3.05) is 32.8 Å². The van der Waals surface area contributed by atoms with Gasteiger partial charge in [-0.1, -0.05) is 24.3 Å². The lowest BCUT2D eigenvalue weighted by Crippen LogP contribution is -2.51. The number of carbonyl (C=O) groups excluding carboxylic acids is 3. The molecule has 8 heteroatoms. The van der Waals surface area contributed by atoms with Gasteiger partial charge in [0.15, 0.2) is 6.61 Å². The Morgan fingerprint density at radius 1 is 0.970 bits per heavy atom. The zero-order valence-corrected chi connectivity index (χ0v) is 19.4. The number of rotatable bonds is 5. The van der Waals surface area contributed by atoms with Crippen molar-refractivity contribution < 1.29 is 23.9 Å². The Balaban J connectivity index is 1.47. The van der Waals surface area contributed by atoms with Crippen molar-refractivity contribution in [2.24, 2.45) is 0 Å². The maximum Gasteiger partial charge on any atom is 0.410 e. The van der Waals surface area contributed by atoms with Crippen molar-refractivity contribution in [3.05, 3.63) is 42.0 Å². The van der Waals surface area contributed by atoms with Crippen LogP contribution in [0.25, 0.3) is 10.8 Å². The second-order valence-corrected chi connectivity index (χ2v) is 9.59. The second kappa shape index (κ2) is 9.29. The van der Waals surface area contributed by atoms with Crippen LogP contribution in [0.15, 0.2) is 36.4 Å².